The van der Waals surface area contributed by atoms with Crippen molar-refractivity contribution in [2.45, 2.75) is 25.7 Å². The van der Waals surface area contributed by atoms with E-state index < -0.39 is 0 Å². The van der Waals surface area contributed by atoms with Gasteiger partial charge in [-0.15, -0.1) is 0 Å². The minimum Gasteiger partial charge on any atom is -0.326 e. The van der Waals surface area contributed by atoms with Crippen LogP contribution in [0.5, 0.6) is 0 Å². The molecule has 0 aliphatic carbocycles. The van der Waals surface area contributed by atoms with Gasteiger partial charge >= 0.3 is 0 Å². The van der Waals surface area contributed by atoms with Crippen molar-refractivity contribution in [1.82, 2.24) is 0 Å². The van der Waals surface area contributed by atoms with Crippen LogP contribution < -0.4 is 10.6 Å². The van der Waals surface area contributed by atoms with Crippen LogP contribution in [0.2, 0.25) is 0 Å². The van der Waals surface area contributed by atoms with E-state index in [0.29, 0.717) is 18.5 Å². The molecule has 0 atom stereocenters. The molecule has 0 bridgehead atoms. The summed E-state index contributed by atoms with van der Waals surface area (Å²) in [6, 6.07) is 7.32. The molecule has 2 N–H and O–H groups in total. The SMILES string of the molecule is N#CCCC(=O)Nc1ccc2c(c1)CCC(=O)N2. The van der Waals surface area contributed by atoms with E-state index in [1.165, 1.54) is 0 Å². The van der Waals surface area contributed by atoms with Gasteiger partial charge in [0.1, 0.15) is 0 Å². The molecule has 0 saturated carbocycles. The van der Waals surface area contributed by atoms with E-state index in [1.807, 2.05) is 12.1 Å². The zero-order chi connectivity index (χ0) is 13.0. The Hall–Kier alpha value is -2.35. The predicted molar refractivity (Wildman–Crippen MR) is 66.9 cm³/mol. The Balaban J connectivity index is 2.05. The molecule has 1 aliphatic rings. The molecule has 5 nitrogen and oxygen atoms in total. The molecule has 92 valence electrons. The lowest BCUT2D eigenvalue weighted by Crippen LogP contribution is -2.19. The summed E-state index contributed by atoms with van der Waals surface area (Å²) in [7, 11) is 0. The number of nitriles is 1. The smallest absolute Gasteiger partial charge is 0.225 e. The fourth-order valence-corrected chi connectivity index (χ4v) is 1.85. The fraction of sp³-hybridized carbons (Fsp3) is 0.308. The average Bonchev–Trinajstić information content (AvgIpc) is 2.36. The van der Waals surface area contributed by atoms with Crippen LogP contribution in [-0.2, 0) is 16.0 Å². The minimum absolute atomic E-state index is 0.0216. The normalized spacial score (nSPS) is 13.2. The number of hydrogen-bond acceptors (Lipinski definition) is 3. The minimum atomic E-state index is -0.170. The molecule has 18 heavy (non-hydrogen) atoms. The number of fused-ring (bicyclic) bond motifs is 1. The molecule has 0 aromatic heterocycles. The van der Waals surface area contributed by atoms with Crippen molar-refractivity contribution in [3.05, 3.63) is 23.8 Å². The van der Waals surface area contributed by atoms with E-state index >= 15 is 0 Å². The second-order valence-electron chi connectivity index (χ2n) is 4.13. The predicted octanol–water partition coefficient (Wildman–Crippen LogP) is 1.81. The third-order valence-corrected chi connectivity index (χ3v) is 2.75. The Bertz CT molecular complexity index is 532. The van der Waals surface area contributed by atoms with Gasteiger partial charge in [-0.3, -0.25) is 9.59 Å². The quantitative estimate of drug-likeness (QED) is 0.849. The molecule has 0 unspecified atom stereocenters. The third-order valence-electron chi connectivity index (χ3n) is 2.75. The van der Waals surface area contributed by atoms with Crippen molar-refractivity contribution in [2.75, 3.05) is 10.6 Å². The highest BCUT2D eigenvalue weighted by atomic mass is 16.2. The molecule has 1 aromatic rings. The summed E-state index contributed by atoms with van der Waals surface area (Å²) in [6.45, 7) is 0. The summed E-state index contributed by atoms with van der Waals surface area (Å²) >= 11 is 0. The number of amides is 2. The first-order valence-corrected chi connectivity index (χ1v) is 5.78. The van der Waals surface area contributed by atoms with Crippen LogP contribution in [0.15, 0.2) is 18.2 Å². The number of rotatable bonds is 3. The summed E-state index contributed by atoms with van der Waals surface area (Å²) in [5, 5.41) is 13.9. The topological polar surface area (TPSA) is 82.0 Å². The van der Waals surface area contributed by atoms with Gasteiger partial charge in [0.2, 0.25) is 11.8 Å². The highest BCUT2D eigenvalue weighted by molar-refractivity contribution is 5.95. The first-order chi connectivity index (χ1) is 8.69. The number of carbonyl (C=O) groups is 2. The van der Waals surface area contributed by atoms with E-state index in [4.69, 9.17) is 5.26 Å². The van der Waals surface area contributed by atoms with Crippen LogP contribution in [-0.4, -0.2) is 11.8 Å². The molecule has 1 aromatic carbocycles. The van der Waals surface area contributed by atoms with Gasteiger partial charge in [-0.05, 0) is 30.2 Å². The molecule has 0 saturated heterocycles. The van der Waals surface area contributed by atoms with E-state index in [-0.39, 0.29) is 24.7 Å². The van der Waals surface area contributed by atoms with Gasteiger partial charge in [-0.25, -0.2) is 0 Å². The number of anilines is 2. The number of benzene rings is 1. The number of carbonyl (C=O) groups excluding carboxylic acids is 2. The Labute approximate surface area is 105 Å². The second kappa shape index (κ2) is 5.32. The highest BCUT2D eigenvalue weighted by Gasteiger charge is 2.15. The Morgan fingerprint density at radius 1 is 1.44 bits per heavy atom. The lowest BCUT2D eigenvalue weighted by molar-refractivity contribution is -0.117. The first-order valence-electron chi connectivity index (χ1n) is 5.78. The van der Waals surface area contributed by atoms with Gasteiger partial charge in [0.15, 0.2) is 0 Å². The van der Waals surface area contributed by atoms with Crippen LogP contribution in [0.1, 0.15) is 24.8 Å². The lowest BCUT2D eigenvalue weighted by Gasteiger charge is -2.17. The molecule has 0 radical (unpaired) electrons. The van der Waals surface area contributed by atoms with Gasteiger partial charge in [0.25, 0.3) is 0 Å². The number of aryl methyl sites for hydroxylation is 1. The van der Waals surface area contributed by atoms with Gasteiger partial charge in [-0.1, -0.05) is 0 Å². The summed E-state index contributed by atoms with van der Waals surface area (Å²) < 4.78 is 0. The van der Waals surface area contributed by atoms with Crippen molar-refractivity contribution in [3.63, 3.8) is 0 Å². The van der Waals surface area contributed by atoms with Crippen LogP contribution in [0, 0.1) is 11.3 Å². The molecule has 0 fully saturated rings. The van der Waals surface area contributed by atoms with Crippen LogP contribution in [0.3, 0.4) is 0 Å². The number of nitrogens with zero attached hydrogens (tertiary/aromatic N) is 1. The van der Waals surface area contributed by atoms with Crippen molar-refractivity contribution >= 4 is 23.2 Å². The largest absolute Gasteiger partial charge is 0.326 e. The summed E-state index contributed by atoms with van der Waals surface area (Å²) in [6.07, 6.45) is 1.57. The first kappa shape index (κ1) is 12.1. The monoisotopic (exact) mass is 243 g/mol. The second-order valence-corrected chi connectivity index (χ2v) is 4.13. The molecule has 2 rings (SSSR count). The zero-order valence-corrected chi connectivity index (χ0v) is 9.82. The maximum absolute atomic E-state index is 11.5. The summed E-state index contributed by atoms with van der Waals surface area (Å²) in [5.74, 6) is -0.148. The summed E-state index contributed by atoms with van der Waals surface area (Å²) in [4.78, 5) is 22.7. The van der Waals surface area contributed by atoms with E-state index in [9.17, 15) is 9.59 Å². The van der Waals surface area contributed by atoms with E-state index in [2.05, 4.69) is 10.6 Å². The highest BCUT2D eigenvalue weighted by Crippen LogP contribution is 2.25. The zero-order valence-electron chi connectivity index (χ0n) is 9.82. The van der Waals surface area contributed by atoms with Gasteiger partial charge < -0.3 is 10.6 Å². The Morgan fingerprint density at radius 2 is 2.28 bits per heavy atom. The van der Waals surface area contributed by atoms with Crippen LogP contribution in [0.25, 0.3) is 0 Å². The number of hydrogen-bond donors (Lipinski definition) is 2. The Morgan fingerprint density at radius 3 is 3.06 bits per heavy atom. The molecule has 2 amide bonds. The average molecular weight is 243 g/mol. The third kappa shape index (κ3) is 2.86. The molecule has 0 spiro atoms. The van der Waals surface area contributed by atoms with Gasteiger partial charge in [0.05, 0.1) is 6.07 Å². The fourth-order valence-electron chi connectivity index (χ4n) is 1.85. The van der Waals surface area contributed by atoms with Crippen molar-refractivity contribution < 1.29 is 9.59 Å². The maximum Gasteiger partial charge on any atom is 0.225 e. The lowest BCUT2D eigenvalue weighted by atomic mass is 10.0. The summed E-state index contributed by atoms with van der Waals surface area (Å²) in [5.41, 5.74) is 2.53. The van der Waals surface area contributed by atoms with Crippen molar-refractivity contribution in [1.29, 1.82) is 5.26 Å². The van der Waals surface area contributed by atoms with Crippen molar-refractivity contribution in [2.24, 2.45) is 0 Å². The molecule has 1 aliphatic heterocycles. The van der Waals surface area contributed by atoms with Gasteiger partial charge in [0, 0.05) is 30.6 Å². The van der Waals surface area contributed by atoms with E-state index in [1.54, 1.807) is 12.1 Å². The maximum atomic E-state index is 11.5. The van der Waals surface area contributed by atoms with Crippen LogP contribution in [0.4, 0.5) is 11.4 Å². The van der Waals surface area contributed by atoms with Gasteiger partial charge in [-0.2, -0.15) is 5.26 Å². The molecule has 5 heteroatoms. The standard InChI is InChI=1S/C13H13N3O2/c14-7-1-2-12(17)15-10-4-5-11-9(8-10)3-6-13(18)16-11/h4-5,8H,1-3,6H2,(H,15,17)(H,16,18). The van der Waals surface area contributed by atoms with E-state index in [0.717, 1.165) is 11.3 Å². The Kier molecular flexibility index (Phi) is 3.58. The molecular weight excluding hydrogens is 230 g/mol. The van der Waals surface area contributed by atoms with Crippen molar-refractivity contribution in [3.8, 4) is 6.07 Å². The molecular formula is C13H13N3O2. The molecule has 1 heterocycles. The van der Waals surface area contributed by atoms with Crippen LogP contribution >= 0.6 is 0 Å². The number of nitrogens with one attached hydrogen (secondary N) is 2.